The molecule has 0 unspecified atom stereocenters. The van der Waals surface area contributed by atoms with E-state index in [1.807, 2.05) is 0 Å². The van der Waals surface area contributed by atoms with Gasteiger partial charge in [-0.1, -0.05) is 6.07 Å². The molecule has 1 amide bonds. The zero-order chi connectivity index (χ0) is 18.4. The van der Waals surface area contributed by atoms with Gasteiger partial charge in [0.15, 0.2) is 5.69 Å². The summed E-state index contributed by atoms with van der Waals surface area (Å²) in [7, 11) is 0. The molecular formula is C17H20F2N4O3. The molecule has 1 N–H and O–H groups in total. The molecule has 9 heteroatoms. The van der Waals surface area contributed by atoms with E-state index in [2.05, 4.69) is 15.3 Å². The van der Waals surface area contributed by atoms with Crippen molar-refractivity contribution < 1.29 is 23.0 Å². The number of alkyl halides is 2. The molecule has 1 fully saturated rings. The van der Waals surface area contributed by atoms with Gasteiger partial charge in [0.05, 0.1) is 13.2 Å². The normalized spacial score (nSPS) is 15.2. The van der Waals surface area contributed by atoms with E-state index in [0.717, 1.165) is 39.0 Å². The summed E-state index contributed by atoms with van der Waals surface area (Å²) in [5.74, 6) is 0.0593. The minimum atomic E-state index is -2.78. The average Bonchev–Trinajstić information content (AvgIpc) is 3.14. The number of benzene rings is 1. The zero-order valence-corrected chi connectivity index (χ0v) is 14.1. The summed E-state index contributed by atoms with van der Waals surface area (Å²) in [5, 5.41) is 6.16. The highest BCUT2D eigenvalue weighted by atomic mass is 19.3. The maximum Gasteiger partial charge on any atom is 0.333 e. The van der Waals surface area contributed by atoms with Crippen molar-refractivity contribution in [2.75, 3.05) is 44.8 Å². The number of morpholine rings is 1. The molecule has 0 aliphatic carbocycles. The SMILES string of the molecule is O=C(Nc1cccc(OCCN2CCOCC2)c1)c1ccn(C(F)F)n1. The molecular weight excluding hydrogens is 346 g/mol. The molecule has 0 radical (unpaired) electrons. The summed E-state index contributed by atoms with van der Waals surface area (Å²) in [6, 6.07) is 8.15. The molecule has 0 bridgehead atoms. The summed E-state index contributed by atoms with van der Waals surface area (Å²) in [5.41, 5.74) is 0.425. The number of hydrogen-bond acceptors (Lipinski definition) is 5. The van der Waals surface area contributed by atoms with Gasteiger partial charge in [-0.25, -0.2) is 4.68 Å². The number of carbonyl (C=O) groups is 1. The van der Waals surface area contributed by atoms with Crippen LogP contribution in [0.25, 0.3) is 0 Å². The number of rotatable bonds is 7. The van der Waals surface area contributed by atoms with E-state index >= 15 is 0 Å². The largest absolute Gasteiger partial charge is 0.492 e. The number of ether oxygens (including phenoxy) is 2. The van der Waals surface area contributed by atoms with Crippen molar-refractivity contribution in [1.29, 1.82) is 0 Å². The molecule has 2 aromatic rings. The van der Waals surface area contributed by atoms with Gasteiger partial charge in [0, 0.05) is 37.6 Å². The molecule has 2 heterocycles. The maximum absolute atomic E-state index is 12.5. The fourth-order valence-corrected chi connectivity index (χ4v) is 2.54. The lowest BCUT2D eigenvalue weighted by molar-refractivity contribution is 0.0322. The second kappa shape index (κ2) is 8.72. The van der Waals surface area contributed by atoms with Crippen molar-refractivity contribution in [3.8, 4) is 5.75 Å². The summed E-state index contributed by atoms with van der Waals surface area (Å²) in [6.45, 7) is 1.81. The molecule has 1 aliphatic heterocycles. The highest BCUT2D eigenvalue weighted by Crippen LogP contribution is 2.18. The topological polar surface area (TPSA) is 68.6 Å². The molecule has 1 aliphatic rings. The number of nitrogens with zero attached hydrogens (tertiary/aromatic N) is 3. The Kier molecular flexibility index (Phi) is 6.13. The van der Waals surface area contributed by atoms with Crippen molar-refractivity contribution in [1.82, 2.24) is 14.7 Å². The zero-order valence-electron chi connectivity index (χ0n) is 14.1. The third kappa shape index (κ3) is 4.99. The van der Waals surface area contributed by atoms with Crippen LogP contribution >= 0.6 is 0 Å². The first-order chi connectivity index (χ1) is 12.6. The molecule has 140 valence electrons. The third-order valence-corrected chi connectivity index (χ3v) is 3.91. The van der Waals surface area contributed by atoms with Gasteiger partial charge in [-0.2, -0.15) is 13.9 Å². The molecule has 7 nitrogen and oxygen atoms in total. The number of amides is 1. The lowest BCUT2D eigenvalue weighted by atomic mass is 10.3. The van der Waals surface area contributed by atoms with Crippen LogP contribution in [0.15, 0.2) is 36.5 Å². The fourth-order valence-electron chi connectivity index (χ4n) is 2.54. The Morgan fingerprint density at radius 2 is 2.12 bits per heavy atom. The highest BCUT2D eigenvalue weighted by Gasteiger charge is 2.14. The van der Waals surface area contributed by atoms with Gasteiger partial charge in [-0.15, -0.1) is 0 Å². The van der Waals surface area contributed by atoms with Gasteiger partial charge in [-0.05, 0) is 18.2 Å². The summed E-state index contributed by atoms with van der Waals surface area (Å²) >= 11 is 0. The van der Waals surface area contributed by atoms with Crippen LogP contribution in [0.5, 0.6) is 5.75 Å². The number of anilines is 1. The van der Waals surface area contributed by atoms with E-state index in [1.54, 1.807) is 24.3 Å². The molecule has 26 heavy (non-hydrogen) atoms. The predicted molar refractivity (Wildman–Crippen MR) is 90.6 cm³/mol. The first-order valence-corrected chi connectivity index (χ1v) is 8.29. The second-order valence-electron chi connectivity index (χ2n) is 5.74. The number of halogens is 2. The Labute approximate surface area is 149 Å². The molecule has 0 saturated carbocycles. The Hall–Kier alpha value is -2.52. The van der Waals surface area contributed by atoms with Crippen molar-refractivity contribution in [2.24, 2.45) is 0 Å². The maximum atomic E-state index is 12.5. The highest BCUT2D eigenvalue weighted by molar-refractivity contribution is 6.02. The van der Waals surface area contributed by atoms with E-state index < -0.39 is 12.5 Å². The minimum Gasteiger partial charge on any atom is -0.492 e. The minimum absolute atomic E-state index is 0.0797. The monoisotopic (exact) mass is 366 g/mol. The van der Waals surface area contributed by atoms with Crippen LogP contribution in [-0.2, 0) is 4.74 Å². The van der Waals surface area contributed by atoms with Crippen LogP contribution < -0.4 is 10.1 Å². The lowest BCUT2D eigenvalue weighted by Gasteiger charge is -2.26. The van der Waals surface area contributed by atoms with Gasteiger partial charge < -0.3 is 14.8 Å². The first-order valence-electron chi connectivity index (χ1n) is 8.29. The van der Waals surface area contributed by atoms with Gasteiger partial charge >= 0.3 is 6.55 Å². The van der Waals surface area contributed by atoms with Crippen LogP contribution in [0.4, 0.5) is 14.5 Å². The van der Waals surface area contributed by atoms with E-state index in [-0.39, 0.29) is 5.69 Å². The van der Waals surface area contributed by atoms with Crippen molar-refractivity contribution in [2.45, 2.75) is 6.55 Å². The van der Waals surface area contributed by atoms with Crippen molar-refractivity contribution >= 4 is 11.6 Å². The van der Waals surface area contributed by atoms with Crippen LogP contribution in [-0.4, -0.2) is 60.0 Å². The van der Waals surface area contributed by atoms with Gasteiger partial charge in [0.2, 0.25) is 0 Å². The first kappa shape index (κ1) is 18.3. The summed E-state index contributed by atoms with van der Waals surface area (Å²) in [4.78, 5) is 14.3. The Balaban J connectivity index is 1.52. The van der Waals surface area contributed by atoms with Crippen LogP contribution in [0, 0.1) is 0 Å². The Morgan fingerprint density at radius 3 is 2.85 bits per heavy atom. The second-order valence-corrected chi connectivity index (χ2v) is 5.74. The molecule has 1 aromatic heterocycles. The van der Waals surface area contributed by atoms with Crippen LogP contribution in [0.2, 0.25) is 0 Å². The molecule has 3 rings (SSSR count). The van der Waals surface area contributed by atoms with E-state index in [9.17, 15) is 13.6 Å². The van der Waals surface area contributed by atoms with Crippen LogP contribution in [0.3, 0.4) is 0 Å². The smallest absolute Gasteiger partial charge is 0.333 e. The van der Waals surface area contributed by atoms with Crippen molar-refractivity contribution in [3.05, 3.63) is 42.2 Å². The number of nitrogens with one attached hydrogen (secondary N) is 1. The number of carbonyl (C=O) groups excluding carboxylic acids is 1. The van der Waals surface area contributed by atoms with Gasteiger partial charge in [0.25, 0.3) is 5.91 Å². The quantitative estimate of drug-likeness (QED) is 0.814. The van der Waals surface area contributed by atoms with E-state index in [4.69, 9.17) is 9.47 Å². The van der Waals surface area contributed by atoms with E-state index in [0.29, 0.717) is 22.7 Å². The fraction of sp³-hybridized carbons (Fsp3) is 0.412. The molecule has 0 spiro atoms. The van der Waals surface area contributed by atoms with Gasteiger partial charge in [-0.3, -0.25) is 9.69 Å². The van der Waals surface area contributed by atoms with E-state index in [1.165, 1.54) is 6.07 Å². The number of hydrogen-bond donors (Lipinski definition) is 1. The average molecular weight is 366 g/mol. The molecule has 1 aromatic carbocycles. The third-order valence-electron chi connectivity index (χ3n) is 3.91. The predicted octanol–water partition coefficient (Wildman–Crippen LogP) is 2.24. The van der Waals surface area contributed by atoms with Crippen LogP contribution in [0.1, 0.15) is 17.0 Å². The summed E-state index contributed by atoms with van der Waals surface area (Å²) < 4.78 is 36.5. The standard InChI is InChI=1S/C17H20F2N4O3/c18-17(19)23-5-4-15(21-23)16(24)20-13-2-1-3-14(12-13)26-11-8-22-6-9-25-10-7-22/h1-5,12,17H,6-11H2,(H,20,24). The Morgan fingerprint density at radius 1 is 1.31 bits per heavy atom. The lowest BCUT2D eigenvalue weighted by Crippen LogP contribution is -2.38. The molecule has 0 atom stereocenters. The van der Waals surface area contributed by atoms with Gasteiger partial charge in [0.1, 0.15) is 12.4 Å². The molecule has 1 saturated heterocycles. The van der Waals surface area contributed by atoms with Crippen molar-refractivity contribution in [3.63, 3.8) is 0 Å². The number of aromatic nitrogens is 2. The Bertz CT molecular complexity index is 732. The summed E-state index contributed by atoms with van der Waals surface area (Å²) in [6.07, 6.45) is 1.06.